The lowest BCUT2D eigenvalue weighted by Crippen LogP contribution is -1.91. The molecule has 1 atom stereocenters. The standard InChI is InChI=1S/C10H17BrN2O/c1-4-8(11)10-13-12-9(14-10)6-5-7(2)3/h7-8H,4-6H2,1-3H3. The Labute approximate surface area is 93.4 Å². The Hall–Kier alpha value is -0.380. The third-order valence-corrected chi connectivity index (χ3v) is 3.08. The molecule has 1 aromatic rings. The predicted molar refractivity (Wildman–Crippen MR) is 59.4 cm³/mol. The number of halogens is 1. The number of hydrogen-bond acceptors (Lipinski definition) is 3. The van der Waals surface area contributed by atoms with Crippen LogP contribution in [0.3, 0.4) is 0 Å². The molecule has 0 radical (unpaired) electrons. The van der Waals surface area contributed by atoms with E-state index >= 15 is 0 Å². The van der Waals surface area contributed by atoms with Crippen molar-refractivity contribution in [2.75, 3.05) is 0 Å². The van der Waals surface area contributed by atoms with E-state index in [1.165, 1.54) is 0 Å². The van der Waals surface area contributed by atoms with Gasteiger partial charge in [-0.3, -0.25) is 0 Å². The molecular formula is C10H17BrN2O. The average Bonchev–Trinajstić information content (AvgIpc) is 2.62. The van der Waals surface area contributed by atoms with Crippen LogP contribution in [0.15, 0.2) is 4.42 Å². The van der Waals surface area contributed by atoms with Crippen molar-refractivity contribution < 1.29 is 4.42 Å². The fraction of sp³-hybridized carbons (Fsp3) is 0.800. The van der Waals surface area contributed by atoms with Crippen LogP contribution in [0.1, 0.15) is 50.2 Å². The van der Waals surface area contributed by atoms with Gasteiger partial charge in [-0.05, 0) is 18.8 Å². The van der Waals surface area contributed by atoms with E-state index in [9.17, 15) is 0 Å². The van der Waals surface area contributed by atoms with Gasteiger partial charge in [0.05, 0.1) is 4.83 Å². The first-order valence-electron chi connectivity index (χ1n) is 5.09. The number of rotatable bonds is 5. The molecule has 80 valence electrons. The molecule has 0 bridgehead atoms. The van der Waals surface area contributed by atoms with Crippen molar-refractivity contribution in [1.29, 1.82) is 0 Å². The second kappa shape index (κ2) is 5.49. The Morgan fingerprint density at radius 3 is 2.64 bits per heavy atom. The molecule has 0 aliphatic carbocycles. The van der Waals surface area contributed by atoms with Gasteiger partial charge in [0.25, 0.3) is 0 Å². The third-order valence-electron chi connectivity index (χ3n) is 2.04. The zero-order valence-electron chi connectivity index (χ0n) is 8.96. The number of nitrogens with zero attached hydrogens (tertiary/aromatic N) is 2. The first kappa shape index (κ1) is 11.7. The lowest BCUT2D eigenvalue weighted by molar-refractivity contribution is 0.427. The normalized spacial score (nSPS) is 13.5. The molecule has 0 fully saturated rings. The summed E-state index contributed by atoms with van der Waals surface area (Å²) in [6, 6.07) is 0. The molecule has 0 amide bonds. The van der Waals surface area contributed by atoms with Crippen LogP contribution in [-0.4, -0.2) is 10.2 Å². The fourth-order valence-electron chi connectivity index (χ4n) is 1.08. The SMILES string of the molecule is CCC(Br)c1nnc(CCC(C)C)o1. The molecule has 0 aromatic carbocycles. The Bertz CT molecular complexity index is 273. The molecule has 4 heteroatoms. The summed E-state index contributed by atoms with van der Waals surface area (Å²) in [4.78, 5) is 0.197. The maximum Gasteiger partial charge on any atom is 0.230 e. The summed E-state index contributed by atoms with van der Waals surface area (Å²) in [6.45, 7) is 6.46. The van der Waals surface area contributed by atoms with Gasteiger partial charge in [0.1, 0.15) is 0 Å². The number of aromatic nitrogens is 2. The van der Waals surface area contributed by atoms with Crippen LogP contribution in [-0.2, 0) is 6.42 Å². The molecule has 3 nitrogen and oxygen atoms in total. The topological polar surface area (TPSA) is 38.9 Å². The largest absolute Gasteiger partial charge is 0.424 e. The first-order chi connectivity index (χ1) is 6.63. The molecule has 0 aliphatic rings. The van der Waals surface area contributed by atoms with Crippen LogP contribution in [0, 0.1) is 5.92 Å². The van der Waals surface area contributed by atoms with Gasteiger partial charge >= 0.3 is 0 Å². The fourth-order valence-corrected chi connectivity index (χ4v) is 1.27. The highest BCUT2D eigenvalue weighted by Crippen LogP contribution is 2.24. The second-order valence-electron chi connectivity index (χ2n) is 3.84. The van der Waals surface area contributed by atoms with Crippen molar-refractivity contribution in [3.05, 3.63) is 11.8 Å². The molecule has 1 unspecified atom stereocenters. The number of alkyl halides is 1. The summed E-state index contributed by atoms with van der Waals surface area (Å²) < 4.78 is 5.52. The van der Waals surface area contributed by atoms with Gasteiger partial charge in [-0.25, -0.2) is 0 Å². The zero-order valence-corrected chi connectivity index (χ0v) is 10.5. The minimum atomic E-state index is 0.197. The smallest absolute Gasteiger partial charge is 0.230 e. The highest BCUT2D eigenvalue weighted by Gasteiger charge is 2.13. The molecule has 0 saturated heterocycles. The monoisotopic (exact) mass is 260 g/mol. The van der Waals surface area contributed by atoms with Crippen LogP contribution in [0.2, 0.25) is 0 Å². The van der Waals surface area contributed by atoms with E-state index in [0.717, 1.165) is 25.2 Å². The predicted octanol–water partition coefficient (Wildman–Crippen LogP) is 3.50. The molecule has 1 aromatic heterocycles. The van der Waals surface area contributed by atoms with Crippen molar-refractivity contribution in [1.82, 2.24) is 10.2 Å². The first-order valence-corrected chi connectivity index (χ1v) is 6.01. The lowest BCUT2D eigenvalue weighted by atomic mass is 10.1. The van der Waals surface area contributed by atoms with Crippen LogP contribution in [0.25, 0.3) is 0 Å². The Kier molecular flexibility index (Phi) is 4.58. The van der Waals surface area contributed by atoms with Crippen molar-refractivity contribution in [3.63, 3.8) is 0 Å². The van der Waals surface area contributed by atoms with Crippen LogP contribution >= 0.6 is 15.9 Å². The molecular weight excluding hydrogens is 244 g/mol. The van der Waals surface area contributed by atoms with E-state index in [2.05, 4.69) is 46.9 Å². The molecule has 0 N–H and O–H groups in total. The summed E-state index contributed by atoms with van der Waals surface area (Å²) in [5.41, 5.74) is 0. The van der Waals surface area contributed by atoms with Gasteiger partial charge in [-0.15, -0.1) is 10.2 Å². The molecule has 0 aliphatic heterocycles. The maximum absolute atomic E-state index is 5.52. The Morgan fingerprint density at radius 1 is 1.36 bits per heavy atom. The van der Waals surface area contributed by atoms with E-state index in [-0.39, 0.29) is 4.83 Å². The third kappa shape index (κ3) is 3.40. The van der Waals surface area contributed by atoms with Gasteiger partial charge in [0.15, 0.2) is 0 Å². The maximum atomic E-state index is 5.52. The molecule has 14 heavy (non-hydrogen) atoms. The van der Waals surface area contributed by atoms with Crippen LogP contribution in [0.4, 0.5) is 0 Å². The minimum Gasteiger partial charge on any atom is -0.424 e. The van der Waals surface area contributed by atoms with Crippen molar-refractivity contribution in [3.8, 4) is 0 Å². The van der Waals surface area contributed by atoms with Crippen molar-refractivity contribution in [2.24, 2.45) is 5.92 Å². The quantitative estimate of drug-likeness (QED) is 0.761. The highest BCUT2D eigenvalue weighted by molar-refractivity contribution is 9.09. The van der Waals surface area contributed by atoms with Crippen molar-refractivity contribution in [2.45, 2.75) is 44.9 Å². The lowest BCUT2D eigenvalue weighted by Gasteiger charge is -2.00. The molecule has 1 heterocycles. The van der Waals surface area contributed by atoms with Gasteiger partial charge in [-0.1, -0.05) is 36.7 Å². The van der Waals surface area contributed by atoms with Crippen LogP contribution in [0.5, 0.6) is 0 Å². The molecule has 0 saturated carbocycles. The van der Waals surface area contributed by atoms with E-state index in [4.69, 9.17) is 4.42 Å². The highest BCUT2D eigenvalue weighted by atomic mass is 79.9. The van der Waals surface area contributed by atoms with Crippen molar-refractivity contribution >= 4 is 15.9 Å². The average molecular weight is 261 g/mol. The molecule has 1 rings (SSSR count). The zero-order chi connectivity index (χ0) is 10.6. The number of aryl methyl sites for hydroxylation is 1. The van der Waals surface area contributed by atoms with Gasteiger partial charge in [0.2, 0.25) is 11.8 Å². The summed E-state index contributed by atoms with van der Waals surface area (Å²) in [7, 11) is 0. The second-order valence-corrected chi connectivity index (χ2v) is 4.95. The Balaban J connectivity index is 2.50. The summed E-state index contributed by atoms with van der Waals surface area (Å²) in [6.07, 6.45) is 2.95. The van der Waals surface area contributed by atoms with Gasteiger partial charge < -0.3 is 4.42 Å². The Morgan fingerprint density at radius 2 is 2.07 bits per heavy atom. The minimum absolute atomic E-state index is 0.197. The van der Waals surface area contributed by atoms with E-state index in [0.29, 0.717) is 11.8 Å². The van der Waals surface area contributed by atoms with E-state index in [1.54, 1.807) is 0 Å². The number of hydrogen-bond donors (Lipinski definition) is 0. The molecule has 0 spiro atoms. The summed E-state index contributed by atoms with van der Waals surface area (Å²) in [5, 5.41) is 8.01. The van der Waals surface area contributed by atoms with E-state index in [1.807, 2.05) is 0 Å². The summed E-state index contributed by atoms with van der Waals surface area (Å²) >= 11 is 3.48. The van der Waals surface area contributed by atoms with Gasteiger partial charge in [0, 0.05) is 6.42 Å². The summed E-state index contributed by atoms with van der Waals surface area (Å²) in [5.74, 6) is 2.13. The van der Waals surface area contributed by atoms with E-state index < -0.39 is 0 Å². The van der Waals surface area contributed by atoms with Crippen LogP contribution < -0.4 is 0 Å². The van der Waals surface area contributed by atoms with Gasteiger partial charge in [-0.2, -0.15) is 0 Å².